The van der Waals surface area contributed by atoms with Crippen LogP contribution in [0.15, 0.2) is 41.8 Å². The molecule has 5 nitrogen and oxygen atoms in total. The highest BCUT2D eigenvalue weighted by molar-refractivity contribution is 7.12. The summed E-state index contributed by atoms with van der Waals surface area (Å²) in [6.45, 7) is 0.719. The van der Waals surface area contributed by atoms with Gasteiger partial charge in [0.15, 0.2) is 0 Å². The summed E-state index contributed by atoms with van der Waals surface area (Å²) in [6, 6.07) is 10.7. The van der Waals surface area contributed by atoms with Crippen LogP contribution in [-0.2, 0) is 9.53 Å². The normalized spacial score (nSPS) is 18.0. The summed E-state index contributed by atoms with van der Waals surface area (Å²) in [5, 5.41) is 5.26. The molecule has 1 fully saturated rings. The molecule has 0 saturated carbocycles. The standard InChI is InChI=1S/C16H15ClN2O3S/c17-11-3-1-4-12(7-11)19-9-13(22-10-15(19)20)8-18-16(21)14-5-2-6-23-14/h1-7,13H,8-10H2,(H,18,21). The zero-order valence-corrected chi connectivity index (χ0v) is 13.8. The number of thiophene rings is 1. The van der Waals surface area contributed by atoms with Crippen molar-refractivity contribution >= 4 is 40.4 Å². The minimum Gasteiger partial charge on any atom is -0.365 e. The van der Waals surface area contributed by atoms with Gasteiger partial charge in [-0.2, -0.15) is 0 Å². The molecule has 3 rings (SSSR count). The van der Waals surface area contributed by atoms with E-state index in [1.54, 1.807) is 29.2 Å². The van der Waals surface area contributed by atoms with Gasteiger partial charge in [0.2, 0.25) is 0 Å². The van der Waals surface area contributed by atoms with E-state index in [1.165, 1.54) is 11.3 Å². The monoisotopic (exact) mass is 350 g/mol. The third-order valence-electron chi connectivity index (χ3n) is 3.48. The maximum Gasteiger partial charge on any atom is 0.261 e. The van der Waals surface area contributed by atoms with Crippen LogP contribution >= 0.6 is 22.9 Å². The highest BCUT2D eigenvalue weighted by Gasteiger charge is 2.27. The second-order valence-corrected chi connectivity index (χ2v) is 6.49. The molecular formula is C16H15ClN2O3S. The number of nitrogens with zero attached hydrogens (tertiary/aromatic N) is 1. The van der Waals surface area contributed by atoms with Gasteiger partial charge in [-0.1, -0.05) is 23.7 Å². The van der Waals surface area contributed by atoms with E-state index < -0.39 is 0 Å². The van der Waals surface area contributed by atoms with Crippen LogP contribution in [0.2, 0.25) is 5.02 Å². The lowest BCUT2D eigenvalue weighted by Crippen LogP contribution is -2.50. The van der Waals surface area contributed by atoms with Gasteiger partial charge in [-0.3, -0.25) is 9.59 Å². The number of hydrogen-bond acceptors (Lipinski definition) is 4. The second-order valence-electron chi connectivity index (χ2n) is 5.10. The molecule has 2 amide bonds. The Balaban J connectivity index is 1.61. The van der Waals surface area contributed by atoms with Crippen LogP contribution in [0.3, 0.4) is 0 Å². The number of ether oxygens (including phenoxy) is 1. The average molecular weight is 351 g/mol. The zero-order chi connectivity index (χ0) is 16.2. The van der Waals surface area contributed by atoms with Crippen molar-refractivity contribution in [3.05, 3.63) is 51.7 Å². The van der Waals surface area contributed by atoms with Crippen LogP contribution in [0.5, 0.6) is 0 Å². The van der Waals surface area contributed by atoms with Gasteiger partial charge in [0.05, 0.1) is 17.5 Å². The van der Waals surface area contributed by atoms with Gasteiger partial charge < -0.3 is 15.0 Å². The number of carbonyl (C=O) groups excluding carboxylic acids is 2. The van der Waals surface area contributed by atoms with Crippen LogP contribution in [-0.4, -0.2) is 37.6 Å². The molecule has 0 spiro atoms. The Bertz CT molecular complexity index is 705. The topological polar surface area (TPSA) is 58.6 Å². The number of amides is 2. The van der Waals surface area contributed by atoms with Crippen molar-refractivity contribution in [2.24, 2.45) is 0 Å². The first-order valence-electron chi connectivity index (χ1n) is 7.13. The molecule has 1 aromatic heterocycles. The molecule has 0 aliphatic carbocycles. The Kier molecular flexibility index (Phi) is 4.95. The molecule has 1 aliphatic rings. The fourth-order valence-electron chi connectivity index (χ4n) is 2.34. The van der Waals surface area contributed by atoms with E-state index in [1.807, 2.05) is 17.5 Å². The van der Waals surface area contributed by atoms with Crippen molar-refractivity contribution in [2.45, 2.75) is 6.10 Å². The van der Waals surface area contributed by atoms with Crippen molar-refractivity contribution < 1.29 is 14.3 Å². The third-order valence-corrected chi connectivity index (χ3v) is 4.59. The predicted molar refractivity (Wildman–Crippen MR) is 90.2 cm³/mol. The number of nitrogens with one attached hydrogen (secondary N) is 1. The van der Waals surface area contributed by atoms with Crippen LogP contribution in [0, 0.1) is 0 Å². The van der Waals surface area contributed by atoms with Crippen LogP contribution in [0.25, 0.3) is 0 Å². The Morgan fingerprint density at radius 3 is 3.00 bits per heavy atom. The lowest BCUT2D eigenvalue weighted by atomic mass is 10.2. The molecule has 0 radical (unpaired) electrons. The fourth-order valence-corrected chi connectivity index (χ4v) is 3.17. The Morgan fingerprint density at radius 2 is 2.26 bits per heavy atom. The van der Waals surface area contributed by atoms with E-state index >= 15 is 0 Å². The largest absolute Gasteiger partial charge is 0.365 e. The van der Waals surface area contributed by atoms with Gasteiger partial charge in [0, 0.05) is 17.3 Å². The smallest absolute Gasteiger partial charge is 0.261 e. The summed E-state index contributed by atoms with van der Waals surface area (Å²) in [6.07, 6.45) is -0.254. The minimum absolute atomic E-state index is 0.00788. The summed E-state index contributed by atoms with van der Waals surface area (Å²) in [5.74, 6) is -0.247. The summed E-state index contributed by atoms with van der Waals surface area (Å²) in [4.78, 5) is 26.3. The zero-order valence-electron chi connectivity index (χ0n) is 12.2. The molecule has 0 bridgehead atoms. The molecule has 120 valence electrons. The van der Waals surface area contributed by atoms with Gasteiger partial charge in [0.25, 0.3) is 11.8 Å². The van der Waals surface area contributed by atoms with Gasteiger partial charge in [-0.25, -0.2) is 0 Å². The first kappa shape index (κ1) is 16.0. The van der Waals surface area contributed by atoms with Crippen molar-refractivity contribution in [1.82, 2.24) is 5.32 Å². The lowest BCUT2D eigenvalue weighted by molar-refractivity contribution is -0.129. The van der Waals surface area contributed by atoms with E-state index in [-0.39, 0.29) is 24.5 Å². The van der Waals surface area contributed by atoms with Gasteiger partial charge in [-0.15, -0.1) is 11.3 Å². The van der Waals surface area contributed by atoms with Crippen LogP contribution < -0.4 is 10.2 Å². The molecule has 23 heavy (non-hydrogen) atoms. The highest BCUT2D eigenvalue weighted by Crippen LogP contribution is 2.22. The number of rotatable bonds is 4. The molecule has 1 N–H and O–H groups in total. The molecule has 1 aliphatic heterocycles. The SMILES string of the molecule is O=C(NCC1CN(c2cccc(Cl)c2)C(=O)CO1)c1cccs1. The quantitative estimate of drug-likeness (QED) is 0.922. The lowest BCUT2D eigenvalue weighted by Gasteiger charge is -2.32. The molecule has 1 atom stereocenters. The molecule has 1 unspecified atom stereocenters. The summed E-state index contributed by atoms with van der Waals surface area (Å²) in [7, 11) is 0. The van der Waals surface area contributed by atoms with Crippen LogP contribution in [0.1, 0.15) is 9.67 Å². The Labute approximate surface area is 142 Å². The Hall–Kier alpha value is -1.89. The van der Waals surface area contributed by atoms with Crippen molar-refractivity contribution in [1.29, 1.82) is 0 Å². The predicted octanol–water partition coefficient (Wildman–Crippen LogP) is 2.56. The molecular weight excluding hydrogens is 336 g/mol. The van der Waals surface area contributed by atoms with E-state index in [4.69, 9.17) is 16.3 Å². The van der Waals surface area contributed by atoms with E-state index in [2.05, 4.69) is 5.32 Å². The van der Waals surface area contributed by atoms with Crippen molar-refractivity contribution in [2.75, 3.05) is 24.6 Å². The molecule has 1 aromatic carbocycles. The van der Waals surface area contributed by atoms with Crippen LogP contribution in [0.4, 0.5) is 5.69 Å². The number of halogens is 1. The fraction of sp³-hybridized carbons (Fsp3) is 0.250. The number of anilines is 1. The second kappa shape index (κ2) is 7.12. The van der Waals surface area contributed by atoms with Crippen molar-refractivity contribution in [3.8, 4) is 0 Å². The molecule has 2 heterocycles. The number of benzene rings is 1. The molecule has 7 heteroatoms. The minimum atomic E-state index is -0.254. The van der Waals surface area contributed by atoms with Gasteiger partial charge in [0.1, 0.15) is 6.61 Å². The first-order chi connectivity index (χ1) is 11.1. The average Bonchev–Trinajstić information content (AvgIpc) is 3.08. The summed E-state index contributed by atoms with van der Waals surface area (Å²) in [5.41, 5.74) is 0.736. The van der Waals surface area contributed by atoms with Gasteiger partial charge in [-0.05, 0) is 29.6 Å². The maximum atomic E-state index is 12.0. The van der Waals surface area contributed by atoms with E-state index in [0.29, 0.717) is 23.0 Å². The maximum absolute atomic E-state index is 12.0. The molecule has 1 saturated heterocycles. The summed E-state index contributed by atoms with van der Waals surface area (Å²) < 4.78 is 5.50. The van der Waals surface area contributed by atoms with Gasteiger partial charge >= 0.3 is 0 Å². The summed E-state index contributed by atoms with van der Waals surface area (Å²) >= 11 is 7.37. The number of hydrogen-bond donors (Lipinski definition) is 1. The Morgan fingerprint density at radius 1 is 1.39 bits per heavy atom. The van der Waals surface area contributed by atoms with E-state index in [9.17, 15) is 9.59 Å². The number of morpholine rings is 1. The third kappa shape index (κ3) is 3.90. The van der Waals surface area contributed by atoms with Crippen molar-refractivity contribution in [3.63, 3.8) is 0 Å². The number of carbonyl (C=O) groups is 2. The molecule has 2 aromatic rings. The highest BCUT2D eigenvalue weighted by atomic mass is 35.5. The first-order valence-corrected chi connectivity index (χ1v) is 8.38. The van der Waals surface area contributed by atoms with E-state index in [0.717, 1.165) is 5.69 Å².